The Bertz CT molecular complexity index is 779. The highest BCUT2D eigenvalue weighted by atomic mass is 19.1. The van der Waals surface area contributed by atoms with Crippen molar-refractivity contribution in [2.75, 3.05) is 20.2 Å². The molecule has 1 heterocycles. The molecule has 0 amide bonds. The van der Waals surface area contributed by atoms with Crippen LogP contribution in [0.25, 0.3) is 0 Å². The molecule has 6 heteroatoms. The summed E-state index contributed by atoms with van der Waals surface area (Å²) in [6.45, 7) is 1.02. The fourth-order valence-electron chi connectivity index (χ4n) is 3.59. The van der Waals surface area contributed by atoms with E-state index >= 15 is 0 Å². The number of carboxylic acid groups (broad SMARTS) is 1. The number of rotatable bonds is 5. The minimum absolute atomic E-state index is 0.344. The van der Waals surface area contributed by atoms with Crippen LogP contribution in [0, 0.1) is 17.6 Å². The van der Waals surface area contributed by atoms with E-state index in [-0.39, 0.29) is 5.82 Å². The molecule has 0 aliphatic carbocycles. The number of likely N-dealkylation sites (tertiary alicyclic amines) is 1. The first-order valence-electron chi connectivity index (χ1n) is 8.55. The van der Waals surface area contributed by atoms with E-state index in [0.717, 1.165) is 12.0 Å². The largest absolute Gasteiger partial charge is 0.496 e. The summed E-state index contributed by atoms with van der Waals surface area (Å²) in [6, 6.07) is 9.86. The van der Waals surface area contributed by atoms with Gasteiger partial charge in [-0.05, 0) is 55.3 Å². The van der Waals surface area contributed by atoms with Crippen LogP contribution in [-0.4, -0.2) is 36.2 Å². The Morgan fingerprint density at radius 3 is 2.54 bits per heavy atom. The lowest BCUT2D eigenvalue weighted by atomic mass is 9.91. The van der Waals surface area contributed by atoms with E-state index in [0.29, 0.717) is 30.8 Å². The maximum absolute atomic E-state index is 14.0. The minimum atomic E-state index is -0.834. The van der Waals surface area contributed by atoms with Gasteiger partial charge >= 0.3 is 5.97 Å². The number of piperidine rings is 1. The van der Waals surface area contributed by atoms with Crippen LogP contribution in [-0.2, 0) is 4.79 Å². The molecular weight excluding hydrogens is 340 g/mol. The molecule has 1 aliphatic rings. The van der Waals surface area contributed by atoms with Gasteiger partial charge in [-0.3, -0.25) is 9.69 Å². The van der Waals surface area contributed by atoms with Crippen LogP contribution in [0.5, 0.6) is 5.75 Å². The normalized spacial score (nSPS) is 19.1. The lowest BCUT2D eigenvalue weighted by molar-refractivity contribution is -0.143. The maximum atomic E-state index is 14.0. The van der Waals surface area contributed by atoms with Gasteiger partial charge in [-0.25, -0.2) is 8.78 Å². The van der Waals surface area contributed by atoms with Crippen molar-refractivity contribution in [3.8, 4) is 5.75 Å². The molecule has 0 radical (unpaired) electrons. The van der Waals surface area contributed by atoms with Crippen molar-refractivity contribution >= 4 is 5.97 Å². The van der Waals surface area contributed by atoms with Crippen molar-refractivity contribution in [3.63, 3.8) is 0 Å². The topological polar surface area (TPSA) is 49.8 Å². The van der Waals surface area contributed by atoms with Gasteiger partial charge in [-0.15, -0.1) is 0 Å². The summed E-state index contributed by atoms with van der Waals surface area (Å²) in [4.78, 5) is 13.5. The average Bonchev–Trinajstić information content (AvgIpc) is 2.64. The lowest BCUT2D eigenvalue weighted by Crippen LogP contribution is -2.41. The van der Waals surface area contributed by atoms with Gasteiger partial charge < -0.3 is 9.84 Å². The number of carboxylic acids is 1. The number of nitrogens with zero attached hydrogens (tertiary/aromatic N) is 1. The van der Waals surface area contributed by atoms with Crippen molar-refractivity contribution < 1.29 is 23.4 Å². The van der Waals surface area contributed by atoms with Gasteiger partial charge in [0, 0.05) is 12.1 Å². The van der Waals surface area contributed by atoms with Crippen LogP contribution in [0.1, 0.15) is 30.0 Å². The molecule has 0 spiro atoms. The van der Waals surface area contributed by atoms with E-state index < -0.39 is 23.7 Å². The Labute approximate surface area is 151 Å². The Kier molecular flexibility index (Phi) is 5.52. The molecule has 1 N–H and O–H groups in total. The highest BCUT2D eigenvalue weighted by Crippen LogP contribution is 2.37. The molecule has 26 heavy (non-hydrogen) atoms. The highest BCUT2D eigenvalue weighted by molar-refractivity contribution is 5.70. The average molecular weight is 361 g/mol. The number of hydrogen-bond donors (Lipinski definition) is 1. The van der Waals surface area contributed by atoms with Crippen molar-refractivity contribution in [1.29, 1.82) is 0 Å². The second kappa shape index (κ2) is 7.83. The van der Waals surface area contributed by atoms with Crippen LogP contribution < -0.4 is 4.74 Å². The van der Waals surface area contributed by atoms with Crippen molar-refractivity contribution in [2.24, 2.45) is 5.92 Å². The number of halogens is 2. The second-order valence-corrected chi connectivity index (χ2v) is 6.51. The van der Waals surface area contributed by atoms with E-state index in [2.05, 4.69) is 0 Å². The molecule has 0 saturated carbocycles. The molecule has 1 fully saturated rings. The summed E-state index contributed by atoms with van der Waals surface area (Å²) in [5.41, 5.74) is 1.37. The van der Waals surface area contributed by atoms with Gasteiger partial charge in [0.1, 0.15) is 17.4 Å². The predicted molar refractivity (Wildman–Crippen MR) is 93.1 cm³/mol. The molecule has 4 nitrogen and oxygen atoms in total. The zero-order valence-corrected chi connectivity index (χ0v) is 14.5. The monoisotopic (exact) mass is 361 g/mol. The third-order valence-corrected chi connectivity index (χ3v) is 4.84. The van der Waals surface area contributed by atoms with E-state index in [1.54, 1.807) is 18.2 Å². The number of ether oxygens (including phenoxy) is 1. The molecule has 2 aromatic carbocycles. The molecule has 0 bridgehead atoms. The van der Waals surface area contributed by atoms with Gasteiger partial charge in [-0.1, -0.05) is 12.1 Å². The third kappa shape index (κ3) is 3.85. The van der Waals surface area contributed by atoms with Gasteiger partial charge in [-0.2, -0.15) is 0 Å². The van der Waals surface area contributed by atoms with Crippen LogP contribution >= 0.6 is 0 Å². The zero-order chi connectivity index (χ0) is 18.7. The number of carbonyl (C=O) groups is 1. The SMILES string of the molecule is COc1ccc(F)cc1C(c1ccc(F)cc1)N1CCCC(C(=O)O)C1. The quantitative estimate of drug-likeness (QED) is 0.879. The Morgan fingerprint density at radius 1 is 1.19 bits per heavy atom. The molecule has 2 atom stereocenters. The van der Waals surface area contributed by atoms with Crippen molar-refractivity contribution in [3.05, 3.63) is 65.2 Å². The lowest BCUT2D eigenvalue weighted by Gasteiger charge is -2.38. The molecule has 1 aliphatic heterocycles. The van der Waals surface area contributed by atoms with Crippen LogP contribution in [0.4, 0.5) is 8.78 Å². The van der Waals surface area contributed by atoms with Crippen molar-refractivity contribution in [1.82, 2.24) is 4.90 Å². The highest BCUT2D eigenvalue weighted by Gasteiger charge is 2.32. The maximum Gasteiger partial charge on any atom is 0.307 e. The number of aliphatic carboxylic acids is 1. The van der Waals surface area contributed by atoms with Gasteiger partial charge in [0.15, 0.2) is 0 Å². The summed E-state index contributed by atoms with van der Waals surface area (Å²) < 4.78 is 32.8. The van der Waals surface area contributed by atoms with E-state index in [4.69, 9.17) is 4.74 Å². The molecule has 138 valence electrons. The van der Waals surface area contributed by atoms with Crippen LogP contribution in [0.2, 0.25) is 0 Å². The van der Waals surface area contributed by atoms with E-state index in [9.17, 15) is 18.7 Å². The molecule has 2 unspecified atom stereocenters. The first kappa shape index (κ1) is 18.3. The minimum Gasteiger partial charge on any atom is -0.496 e. The zero-order valence-electron chi connectivity index (χ0n) is 14.5. The fraction of sp³-hybridized carbons (Fsp3) is 0.350. The predicted octanol–water partition coefficient (Wildman–Crippen LogP) is 3.86. The Balaban J connectivity index is 2.06. The molecule has 0 aromatic heterocycles. The first-order valence-corrected chi connectivity index (χ1v) is 8.55. The first-order chi connectivity index (χ1) is 12.5. The molecule has 1 saturated heterocycles. The summed E-state index contributed by atoms with van der Waals surface area (Å²) in [6.07, 6.45) is 1.34. The third-order valence-electron chi connectivity index (χ3n) is 4.84. The molecular formula is C20H21F2NO3. The number of benzene rings is 2. The number of hydrogen-bond acceptors (Lipinski definition) is 3. The molecule has 3 rings (SSSR count). The fourth-order valence-corrected chi connectivity index (χ4v) is 3.59. The standard InChI is InChI=1S/C20H21F2NO3/c1-26-18-9-8-16(22)11-17(18)19(13-4-6-15(21)7-5-13)23-10-2-3-14(12-23)20(24)25/h4-9,11,14,19H,2-3,10,12H2,1H3,(H,24,25). The van der Waals surface area contributed by atoms with E-state index in [1.165, 1.54) is 31.4 Å². The van der Waals surface area contributed by atoms with Gasteiger partial charge in [0.25, 0.3) is 0 Å². The Morgan fingerprint density at radius 2 is 1.88 bits per heavy atom. The van der Waals surface area contributed by atoms with Crippen LogP contribution in [0.3, 0.4) is 0 Å². The van der Waals surface area contributed by atoms with Crippen molar-refractivity contribution in [2.45, 2.75) is 18.9 Å². The second-order valence-electron chi connectivity index (χ2n) is 6.51. The summed E-state index contributed by atoms with van der Waals surface area (Å²) >= 11 is 0. The van der Waals surface area contributed by atoms with E-state index in [1.807, 2.05) is 4.90 Å². The summed E-state index contributed by atoms with van der Waals surface area (Å²) in [5.74, 6) is -1.57. The summed E-state index contributed by atoms with van der Waals surface area (Å²) in [7, 11) is 1.51. The number of methoxy groups -OCH3 is 1. The summed E-state index contributed by atoms with van der Waals surface area (Å²) in [5, 5.41) is 9.40. The Hall–Kier alpha value is -2.47. The van der Waals surface area contributed by atoms with Gasteiger partial charge in [0.2, 0.25) is 0 Å². The smallest absolute Gasteiger partial charge is 0.307 e. The molecule has 2 aromatic rings. The van der Waals surface area contributed by atoms with Gasteiger partial charge in [0.05, 0.1) is 19.1 Å². The van der Waals surface area contributed by atoms with Crippen LogP contribution in [0.15, 0.2) is 42.5 Å².